The number of carbonyl (C=O) groups is 1. The Balaban J connectivity index is 2.26. The van der Waals surface area contributed by atoms with Gasteiger partial charge < -0.3 is 4.74 Å². The molecule has 1 aliphatic rings. The lowest BCUT2D eigenvalue weighted by molar-refractivity contribution is -0.154. The molecular weight excluding hydrogens is 216 g/mol. The zero-order valence-corrected chi connectivity index (χ0v) is 10.3. The van der Waals surface area contributed by atoms with Gasteiger partial charge in [-0.15, -0.1) is 0 Å². The van der Waals surface area contributed by atoms with Crippen molar-refractivity contribution < 1.29 is 9.53 Å². The molecular formula is C13H18N2O2. The molecule has 0 unspecified atom stereocenters. The fourth-order valence-electron chi connectivity index (χ4n) is 2.31. The van der Waals surface area contributed by atoms with E-state index in [4.69, 9.17) is 4.74 Å². The van der Waals surface area contributed by atoms with Gasteiger partial charge in [-0.2, -0.15) is 0 Å². The first-order valence-electron chi connectivity index (χ1n) is 5.77. The van der Waals surface area contributed by atoms with Gasteiger partial charge >= 0.3 is 5.97 Å². The van der Waals surface area contributed by atoms with E-state index in [0.29, 0.717) is 6.42 Å². The molecule has 0 aromatic heterocycles. The van der Waals surface area contributed by atoms with Crippen LogP contribution in [0.1, 0.15) is 5.56 Å². The fourth-order valence-corrected chi connectivity index (χ4v) is 2.31. The summed E-state index contributed by atoms with van der Waals surface area (Å²) in [6.07, 6.45) is 0.622. The molecule has 0 spiro atoms. The second-order valence-electron chi connectivity index (χ2n) is 4.36. The molecule has 1 aromatic carbocycles. The first-order chi connectivity index (χ1) is 8.19. The number of carbonyl (C=O) groups excluding carboxylic acids is 1. The minimum absolute atomic E-state index is 0.221. The molecule has 92 valence electrons. The maximum atomic E-state index is 12.0. The molecule has 17 heavy (non-hydrogen) atoms. The smallest absolute Gasteiger partial charge is 0.341 e. The summed E-state index contributed by atoms with van der Waals surface area (Å²) in [6, 6.07) is 9.99. The second-order valence-corrected chi connectivity index (χ2v) is 4.36. The van der Waals surface area contributed by atoms with Crippen molar-refractivity contribution in [3.8, 4) is 0 Å². The lowest BCUT2D eigenvalue weighted by Crippen LogP contribution is -2.58. The zero-order valence-electron chi connectivity index (χ0n) is 10.3. The maximum absolute atomic E-state index is 12.0. The van der Waals surface area contributed by atoms with Gasteiger partial charge in [0.05, 0.1) is 7.11 Å². The van der Waals surface area contributed by atoms with E-state index in [0.717, 1.165) is 18.7 Å². The molecule has 1 heterocycles. The van der Waals surface area contributed by atoms with E-state index in [9.17, 15) is 4.79 Å². The van der Waals surface area contributed by atoms with Crippen LogP contribution in [0.5, 0.6) is 0 Å². The average Bonchev–Trinajstić information content (AvgIpc) is 2.72. The summed E-state index contributed by atoms with van der Waals surface area (Å²) in [5, 5.41) is 3.27. The van der Waals surface area contributed by atoms with Gasteiger partial charge in [0, 0.05) is 19.5 Å². The molecule has 4 nitrogen and oxygen atoms in total. The molecule has 0 saturated carbocycles. The number of ether oxygens (including phenoxy) is 1. The van der Waals surface area contributed by atoms with E-state index in [2.05, 4.69) is 5.32 Å². The van der Waals surface area contributed by atoms with Gasteiger partial charge in [-0.3, -0.25) is 10.2 Å². The highest BCUT2D eigenvalue weighted by atomic mass is 16.5. The second kappa shape index (κ2) is 4.85. The fraction of sp³-hybridized carbons (Fsp3) is 0.462. The van der Waals surface area contributed by atoms with Crippen molar-refractivity contribution in [1.82, 2.24) is 10.2 Å². The van der Waals surface area contributed by atoms with Crippen LogP contribution in [0.25, 0.3) is 0 Å². The SMILES string of the molecule is COC(=O)[C@@]1(Cc2ccccc2)NCCN1C. The third-order valence-electron chi connectivity index (χ3n) is 3.34. The Morgan fingerprint density at radius 3 is 2.71 bits per heavy atom. The summed E-state index contributed by atoms with van der Waals surface area (Å²) in [4.78, 5) is 14.0. The van der Waals surface area contributed by atoms with Crippen molar-refractivity contribution >= 4 is 5.97 Å². The van der Waals surface area contributed by atoms with Crippen LogP contribution >= 0.6 is 0 Å². The predicted molar refractivity (Wildman–Crippen MR) is 65.5 cm³/mol. The summed E-state index contributed by atoms with van der Waals surface area (Å²) in [6.45, 7) is 1.65. The van der Waals surface area contributed by atoms with E-state index < -0.39 is 5.66 Å². The van der Waals surface area contributed by atoms with Crippen LogP contribution in [0.2, 0.25) is 0 Å². The third-order valence-corrected chi connectivity index (χ3v) is 3.34. The number of benzene rings is 1. The Morgan fingerprint density at radius 1 is 1.47 bits per heavy atom. The molecule has 4 heteroatoms. The van der Waals surface area contributed by atoms with Crippen molar-refractivity contribution in [1.29, 1.82) is 0 Å². The number of methoxy groups -OCH3 is 1. The Kier molecular flexibility index (Phi) is 3.45. The van der Waals surface area contributed by atoms with Crippen LogP contribution in [0.3, 0.4) is 0 Å². The summed E-state index contributed by atoms with van der Waals surface area (Å²) >= 11 is 0. The molecule has 0 aliphatic carbocycles. The number of nitrogens with one attached hydrogen (secondary N) is 1. The zero-order chi connectivity index (χ0) is 12.3. The summed E-state index contributed by atoms with van der Waals surface area (Å²) in [5.41, 5.74) is 0.412. The summed E-state index contributed by atoms with van der Waals surface area (Å²) < 4.78 is 4.94. The molecule has 0 radical (unpaired) electrons. The molecule has 1 aliphatic heterocycles. The van der Waals surface area contributed by atoms with E-state index in [1.807, 2.05) is 42.3 Å². The van der Waals surface area contributed by atoms with E-state index in [-0.39, 0.29) is 5.97 Å². The quantitative estimate of drug-likeness (QED) is 0.779. The monoisotopic (exact) mass is 234 g/mol. The number of likely N-dealkylation sites (N-methyl/N-ethyl adjacent to an activating group) is 1. The number of hydrogen-bond donors (Lipinski definition) is 1. The van der Waals surface area contributed by atoms with Crippen molar-refractivity contribution in [3.63, 3.8) is 0 Å². The molecule has 2 rings (SSSR count). The summed E-state index contributed by atoms with van der Waals surface area (Å²) in [7, 11) is 3.38. The lowest BCUT2D eigenvalue weighted by Gasteiger charge is -2.33. The molecule has 1 atom stereocenters. The summed E-state index contributed by atoms with van der Waals surface area (Å²) in [5.74, 6) is -0.221. The molecule has 1 aromatic rings. The minimum Gasteiger partial charge on any atom is -0.467 e. The third kappa shape index (κ3) is 2.18. The van der Waals surface area contributed by atoms with Crippen molar-refractivity contribution in [2.75, 3.05) is 27.2 Å². The number of hydrogen-bond acceptors (Lipinski definition) is 4. The molecule has 0 amide bonds. The van der Waals surface area contributed by atoms with E-state index in [1.54, 1.807) is 0 Å². The number of rotatable bonds is 3. The Hall–Kier alpha value is -1.39. The maximum Gasteiger partial charge on any atom is 0.341 e. The lowest BCUT2D eigenvalue weighted by atomic mass is 9.99. The topological polar surface area (TPSA) is 41.6 Å². The van der Waals surface area contributed by atoms with E-state index >= 15 is 0 Å². The van der Waals surface area contributed by atoms with Gasteiger partial charge in [-0.1, -0.05) is 30.3 Å². The molecule has 1 saturated heterocycles. The average molecular weight is 234 g/mol. The van der Waals surface area contributed by atoms with Crippen molar-refractivity contribution in [3.05, 3.63) is 35.9 Å². The van der Waals surface area contributed by atoms with Gasteiger partial charge in [0.2, 0.25) is 0 Å². The van der Waals surface area contributed by atoms with Crippen LogP contribution in [-0.2, 0) is 16.0 Å². The van der Waals surface area contributed by atoms with Gasteiger partial charge in [0.1, 0.15) is 0 Å². The first kappa shape index (κ1) is 12.1. The van der Waals surface area contributed by atoms with Crippen LogP contribution < -0.4 is 5.32 Å². The van der Waals surface area contributed by atoms with Crippen LogP contribution in [0, 0.1) is 0 Å². The largest absolute Gasteiger partial charge is 0.467 e. The molecule has 0 bridgehead atoms. The highest BCUT2D eigenvalue weighted by Crippen LogP contribution is 2.22. The van der Waals surface area contributed by atoms with Crippen LogP contribution in [0.15, 0.2) is 30.3 Å². The normalized spacial score (nSPS) is 24.8. The van der Waals surface area contributed by atoms with Gasteiger partial charge in [-0.05, 0) is 12.6 Å². The Morgan fingerprint density at radius 2 is 2.18 bits per heavy atom. The van der Waals surface area contributed by atoms with Crippen molar-refractivity contribution in [2.45, 2.75) is 12.1 Å². The van der Waals surface area contributed by atoms with E-state index in [1.165, 1.54) is 7.11 Å². The van der Waals surface area contributed by atoms with Gasteiger partial charge in [0.15, 0.2) is 5.66 Å². The number of nitrogens with zero attached hydrogens (tertiary/aromatic N) is 1. The highest BCUT2D eigenvalue weighted by molar-refractivity contribution is 5.81. The highest BCUT2D eigenvalue weighted by Gasteiger charge is 2.46. The van der Waals surface area contributed by atoms with Crippen molar-refractivity contribution in [2.24, 2.45) is 0 Å². The standard InChI is InChI=1S/C13H18N2O2/c1-15-9-8-14-13(15,12(16)17-2)10-11-6-4-3-5-7-11/h3-7,14H,8-10H2,1-2H3/t13-/m0/s1. The van der Waals surface area contributed by atoms with Crippen LogP contribution in [-0.4, -0.2) is 43.8 Å². The van der Waals surface area contributed by atoms with Crippen LogP contribution in [0.4, 0.5) is 0 Å². The minimum atomic E-state index is -0.712. The molecule has 1 N–H and O–H groups in total. The Labute approximate surface area is 102 Å². The van der Waals surface area contributed by atoms with Gasteiger partial charge in [-0.25, -0.2) is 4.79 Å². The van der Waals surface area contributed by atoms with Gasteiger partial charge in [0.25, 0.3) is 0 Å². The number of esters is 1. The first-order valence-corrected chi connectivity index (χ1v) is 5.77. The predicted octanol–water partition coefficient (Wildman–Crippen LogP) is 0.633. The molecule has 1 fully saturated rings. The Bertz CT molecular complexity index is 394.